The Bertz CT molecular complexity index is 3710. The Labute approximate surface area is 407 Å². The van der Waals surface area contributed by atoms with Crippen molar-refractivity contribution in [2.24, 2.45) is 0 Å². The molecule has 0 heterocycles. The first kappa shape index (κ1) is 41.4. The van der Waals surface area contributed by atoms with Gasteiger partial charge in [0.15, 0.2) is 0 Å². The van der Waals surface area contributed by atoms with Gasteiger partial charge in [0, 0.05) is 16.2 Å². The van der Waals surface area contributed by atoms with Crippen molar-refractivity contribution in [3.8, 4) is 100 Å². The van der Waals surface area contributed by atoms with E-state index in [0.29, 0.717) is 0 Å². The van der Waals surface area contributed by atoms with Crippen LogP contribution in [0.1, 0.15) is 74.9 Å². The van der Waals surface area contributed by atoms with Gasteiger partial charge in [-0.1, -0.05) is 230 Å². The number of hydrogen-bond donors (Lipinski definition) is 0. The summed E-state index contributed by atoms with van der Waals surface area (Å²) in [7, 11) is 0. The van der Waals surface area contributed by atoms with Gasteiger partial charge in [-0.25, -0.2) is 0 Å². The zero-order valence-electron chi connectivity index (χ0n) is 40.3. The summed E-state index contributed by atoms with van der Waals surface area (Å²) in [6.07, 6.45) is 0. The monoisotopic (exact) mass is 882 g/mol. The lowest BCUT2D eigenvalue weighted by Gasteiger charge is -2.25. The first-order chi connectivity index (χ1) is 33.5. The van der Waals surface area contributed by atoms with Gasteiger partial charge in [0.05, 0.1) is 0 Å². The Morgan fingerprint density at radius 2 is 0.449 bits per heavy atom. The van der Waals surface area contributed by atoms with Crippen molar-refractivity contribution in [3.05, 3.63) is 252 Å². The highest BCUT2D eigenvalue weighted by atomic mass is 14.4. The molecule has 69 heavy (non-hydrogen) atoms. The number of rotatable bonds is 6. The highest BCUT2D eigenvalue weighted by Crippen LogP contribution is 2.55. The molecule has 0 aliphatic heterocycles. The molecule has 330 valence electrons. The van der Waals surface area contributed by atoms with Gasteiger partial charge in [0.25, 0.3) is 0 Å². The smallest absolute Gasteiger partial charge is 0.0159 e. The molecule has 3 aliphatic rings. The second-order valence-electron chi connectivity index (χ2n) is 21.2. The molecular formula is C69H54. The molecule has 0 N–H and O–H groups in total. The SMILES string of the molecule is CC1(C)c2ccccc2-c2ccc(-c3ccc4c(c3)C(C)(C)c3cc(-c5ccc6c(c5)C(C)(C)c5cc(-c7c(-c8ccccc8)ccc(-c8ccccc8)c7-c7ccccc7)ccc5-6)ccc3-4)cc21. The first-order valence-electron chi connectivity index (χ1n) is 24.7. The molecule has 0 unspecified atom stereocenters. The Morgan fingerprint density at radius 1 is 0.188 bits per heavy atom. The standard InChI is InChI=1S/C69H54/c1-67(2)59-25-17-16-24-53(59)54-31-26-46(38-60(54)67)47-27-32-55-56-33-28-48(40-62(56)68(3,4)61(55)39-47)49-29-34-57-58-35-30-50(42-64(58)69(5,6)63(57)41-49)66-52(44-20-12-8-13-21-44)37-36-51(43-18-10-7-11-19-43)65(66)45-22-14-9-15-23-45/h7-42H,1-6H3. The van der Waals surface area contributed by atoms with Crippen LogP contribution in [0.25, 0.3) is 100 Å². The summed E-state index contributed by atoms with van der Waals surface area (Å²) in [5.41, 5.74) is 31.0. The van der Waals surface area contributed by atoms with E-state index in [2.05, 4.69) is 260 Å². The van der Waals surface area contributed by atoms with Crippen molar-refractivity contribution in [3.63, 3.8) is 0 Å². The van der Waals surface area contributed by atoms with Crippen LogP contribution in [0.15, 0.2) is 218 Å². The van der Waals surface area contributed by atoms with Gasteiger partial charge in [0.1, 0.15) is 0 Å². The van der Waals surface area contributed by atoms with E-state index in [1.165, 1.54) is 134 Å². The Hall–Kier alpha value is -7.80. The quantitative estimate of drug-likeness (QED) is 0.156. The maximum atomic E-state index is 2.50. The molecule has 0 radical (unpaired) electrons. The first-order valence-corrected chi connectivity index (χ1v) is 24.7. The Kier molecular flexibility index (Phi) is 9.06. The van der Waals surface area contributed by atoms with E-state index < -0.39 is 0 Å². The number of hydrogen-bond acceptors (Lipinski definition) is 0. The van der Waals surface area contributed by atoms with Gasteiger partial charge in [-0.2, -0.15) is 0 Å². The maximum absolute atomic E-state index is 2.50. The van der Waals surface area contributed by atoms with Gasteiger partial charge in [-0.05, 0) is 164 Å². The fourth-order valence-corrected chi connectivity index (χ4v) is 12.6. The van der Waals surface area contributed by atoms with E-state index >= 15 is 0 Å². The predicted octanol–water partition coefficient (Wildman–Crippen LogP) is 18.6. The predicted molar refractivity (Wildman–Crippen MR) is 292 cm³/mol. The average molecular weight is 883 g/mol. The second kappa shape index (κ2) is 15.1. The zero-order valence-corrected chi connectivity index (χ0v) is 40.3. The third-order valence-corrected chi connectivity index (χ3v) is 16.3. The third kappa shape index (κ3) is 6.21. The minimum absolute atomic E-state index is 0.0301. The minimum Gasteiger partial charge on any atom is -0.0622 e. The van der Waals surface area contributed by atoms with E-state index in [1.54, 1.807) is 0 Å². The summed E-state index contributed by atoms with van der Waals surface area (Å²) in [5, 5.41) is 0. The summed E-state index contributed by atoms with van der Waals surface area (Å²) in [4.78, 5) is 0. The molecule has 0 bridgehead atoms. The van der Waals surface area contributed by atoms with Crippen molar-refractivity contribution >= 4 is 0 Å². The van der Waals surface area contributed by atoms with Crippen LogP contribution < -0.4 is 0 Å². The van der Waals surface area contributed by atoms with Gasteiger partial charge < -0.3 is 0 Å². The van der Waals surface area contributed by atoms with E-state index in [4.69, 9.17) is 0 Å². The van der Waals surface area contributed by atoms with Crippen molar-refractivity contribution < 1.29 is 0 Å². The van der Waals surface area contributed by atoms with Crippen LogP contribution in [0, 0.1) is 0 Å². The number of benzene rings is 10. The van der Waals surface area contributed by atoms with Crippen LogP contribution in [0.4, 0.5) is 0 Å². The molecule has 10 aromatic carbocycles. The third-order valence-electron chi connectivity index (χ3n) is 16.3. The molecule has 0 heteroatoms. The topological polar surface area (TPSA) is 0 Å². The molecule has 0 aromatic heterocycles. The van der Waals surface area contributed by atoms with Crippen molar-refractivity contribution in [2.45, 2.75) is 57.8 Å². The summed E-state index contributed by atoms with van der Waals surface area (Å²) in [6, 6.07) is 82.3. The molecule has 3 aliphatic carbocycles. The molecule has 13 rings (SSSR count). The summed E-state index contributed by atoms with van der Waals surface area (Å²) in [6.45, 7) is 14.4. The van der Waals surface area contributed by atoms with E-state index in [9.17, 15) is 0 Å². The minimum atomic E-state index is -0.217. The summed E-state index contributed by atoms with van der Waals surface area (Å²) in [5.74, 6) is 0. The van der Waals surface area contributed by atoms with E-state index in [0.717, 1.165) is 0 Å². The normalized spacial score (nSPS) is 14.9. The molecule has 0 saturated carbocycles. The average Bonchev–Trinajstić information content (AvgIpc) is 3.87. The molecule has 0 spiro atoms. The van der Waals surface area contributed by atoms with Crippen molar-refractivity contribution in [1.82, 2.24) is 0 Å². The fourth-order valence-electron chi connectivity index (χ4n) is 12.6. The van der Waals surface area contributed by atoms with Crippen LogP contribution in [-0.2, 0) is 16.2 Å². The van der Waals surface area contributed by atoms with Crippen LogP contribution in [0.5, 0.6) is 0 Å². The Morgan fingerprint density at radius 3 is 0.841 bits per heavy atom. The van der Waals surface area contributed by atoms with Crippen LogP contribution in [0.3, 0.4) is 0 Å². The van der Waals surface area contributed by atoms with E-state index in [1.807, 2.05) is 0 Å². The largest absolute Gasteiger partial charge is 0.0622 e. The van der Waals surface area contributed by atoms with Gasteiger partial charge in [-0.3, -0.25) is 0 Å². The highest BCUT2D eigenvalue weighted by molar-refractivity contribution is 6.02. The zero-order chi connectivity index (χ0) is 46.8. The van der Waals surface area contributed by atoms with Crippen molar-refractivity contribution in [2.75, 3.05) is 0 Å². The van der Waals surface area contributed by atoms with Crippen LogP contribution >= 0.6 is 0 Å². The molecule has 0 fully saturated rings. The highest BCUT2D eigenvalue weighted by Gasteiger charge is 2.39. The summed E-state index contributed by atoms with van der Waals surface area (Å²) < 4.78 is 0. The Balaban J connectivity index is 0.870. The lowest BCUT2D eigenvalue weighted by Crippen LogP contribution is -2.16. The molecular weight excluding hydrogens is 829 g/mol. The van der Waals surface area contributed by atoms with Crippen molar-refractivity contribution in [1.29, 1.82) is 0 Å². The van der Waals surface area contributed by atoms with Gasteiger partial charge in [0.2, 0.25) is 0 Å². The van der Waals surface area contributed by atoms with Crippen LogP contribution in [-0.4, -0.2) is 0 Å². The lowest BCUT2D eigenvalue weighted by molar-refractivity contribution is 0.659. The molecule has 10 aromatic rings. The second-order valence-corrected chi connectivity index (χ2v) is 21.2. The molecule has 0 atom stereocenters. The van der Waals surface area contributed by atoms with E-state index in [-0.39, 0.29) is 16.2 Å². The molecule has 0 nitrogen and oxygen atoms in total. The lowest BCUT2D eigenvalue weighted by atomic mass is 9.78. The molecule has 0 amide bonds. The molecule has 0 saturated heterocycles. The summed E-state index contributed by atoms with van der Waals surface area (Å²) >= 11 is 0. The van der Waals surface area contributed by atoms with Crippen LogP contribution in [0.2, 0.25) is 0 Å². The van der Waals surface area contributed by atoms with Gasteiger partial charge in [-0.15, -0.1) is 0 Å². The maximum Gasteiger partial charge on any atom is 0.0159 e. The fraction of sp³-hybridized carbons (Fsp3) is 0.130. The number of fused-ring (bicyclic) bond motifs is 9. The van der Waals surface area contributed by atoms with Gasteiger partial charge >= 0.3 is 0 Å².